The molecule has 0 bridgehead atoms. The van der Waals surface area contributed by atoms with Crippen molar-refractivity contribution in [1.29, 1.82) is 0 Å². The highest BCUT2D eigenvalue weighted by Crippen LogP contribution is 2.24. The van der Waals surface area contributed by atoms with Gasteiger partial charge in [-0.15, -0.1) is 0 Å². The smallest absolute Gasteiger partial charge is 0.235 e. The molecule has 0 saturated carbocycles. The largest absolute Gasteiger partial charge is 0.384 e. The molecule has 1 aromatic heterocycles. The molecule has 2 rings (SSSR count). The Morgan fingerprint density at radius 3 is 2.70 bits per heavy atom. The quantitative estimate of drug-likeness (QED) is 0.683. The molecule has 1 aliphatic heterocycles. The fourth-order valence-corrected chi connectivity index (χ4v) is 3.23. The third kappa shape index (κ3) is 3.85. The first kappa shape index (κ1) is 15.1. The number of nitrogen functional groups attached to an aromatic ring is 1. The summed E-state index contributed by atoms with van der Waals surface area (Å²) < 4.78 is 0. The number of carbonyl (C=O) groups is 1. The number of carbonyl (C=O) groups excluding carboxylic acids is 1. The van der Waals surface area contributed by atoms with Crippen LogP contribution in [0, 0.1) is 12.8 Å². The number of hydrogen-bond donors (Lipinski definition) is 1. The lowest BCUT2D eigenvalue weighted by molar-refractivity contribution is -0.131. The van der Waals surface area contributed by atoms with Gasteiger partial charge in [0.05, 0.1) is 5.25 Å². The number of rotatable bonds is 3. The molecule has 6 heteroatoms. The molecule has 2 heterocycles. The minimum Gasteiger partial charge on any atom is -0.384 e. The van der Waals surface area contributed by atoms with Crippen LogP contribution < -0.4 is 5.73 Å². The molecule has 0 aliphatic carbocycles. The number of aromatic nitrogens is 2. The van der Waals surface area contributed by atoms with Gasteiger partial charge in [0.25, 0.3) is 0 Å². The van der Waals surface area contributed by atoms with E-state index in [1.165, 1.54) is 11.8 Å². The zero-order chi connectivity index (χ0) is 14.7. The summed E-state index contributed by atoms with van der Waals surface area (Å²) in [5.41, 5.74) is 6.53. The Bertz CT molecular complexity index is 466. The van der Waals surface area contributed by atoms with E-state index < -0.39 is 0 Å². The van der Waals surface area contributed by atoms with Gasteiger partial charge < -0.3 is 10.6 Å². The fourth-order valence-electron chi connectivity index (χ4n) is 2.31. The van der Waals surface area contributed by atoms with Gasteiger partial charge in [-0.05, 0) is 32.6 Å². The molecule has 0 radical (unpaired) electrons. The van der Waals surface area contributed by atoms with Crippen LogP contribution in [0.1, 0.15) is 32.4 Å². The monoisotopic (exact) mass is 294 g/mol. The van der Waals surface area contributed by atoms with Crippen LogP contribution in [0.15, 0.2) is 11.2 Å². The number of amides is 1. The molecule has 110 valence electrons. The lowest BCUT2D eigenvalue weighted by Crippen LogP contribution is -2.41. The van der Waals surface area contributed by atoms with Crippen molar-refractivity contribution in [2.75, 3.05) is 18.8 Å². The predicted octanol–water partition coefficient (Wildman–Crippen LogP) is 2.11. The van der Waals surface area contributed by atoms with Crippen molar-refractivity contribution in [3.8, 4) is 0 Å². The Labute approximate surface area is 124 Å². The van der Waals surface area contributed by atoms with Gasteiger partial charge in [0, 0.05) is 24.8 Å². The molecule has 5 nitrogen and oxygen atoms in total. The van der Waals surface area contributed by atoms with Crippen LogP contribution in [-0.4, -0.2) is 39.1 Å². The first-order chi connectivity index (χ1) is 9.45. The maximum atomic E-state index is 12.4. The van der Waals surface area contributed by atoms with E-state index >= 15 is 0 Å². The van der Waals surface area contributed by atoms with Gasteiger partial charge in [0.1, 0.15) is 5.82 Å². The molecule has 0 unspecified atom stereocenters. The van der Waals surface area contributed by atoms with Gasteiger partial charge in [-0.1, -0.05) is 18.7 Å². The van der Waals surface area contributed by atoms with E-state index in [1.54, 1.807) is 6.07 Å². The summed E-state index contributed by atoms with van der Waals surface area (Å²) in [6.07, 6.45) is 2.19. The minimum atomic E-state index is -0.176. The number of nitrogens with zero attached hydrogens (tertiary/aromatic N) is 3. The lowest BCUT2D eigenvalue weighted by Gasteiger charge is -2.31. The van der Waals surface area contributed by atoms with Crippen molar-refractivity contribution < 1.29 is 4.79 Å². The molecular formula is C14H22N4OS. The van der Waals surface area contributed by atoms with Crippen LogP contribution in [-0.2, 0) is 4.79 Å². The second-order valence-electron chi connectivity index (χ2n) is 5.48. The second kappa shape index (κ2) is 6.43. The fraction of sp³-hybridized carbons (Fsp3) is 0.643. The SMILES string of the molecule is Cc1cc(N)nc(S[C@H](C)C(=O)N2CCC(C)CC2)n1. The molecule has 1 amide bonds. The lowest BCUT2D eigenvalue weighted by atomic mass is 9.99. The molecule has 1 atom stereocenters. The summed E-state index contributed by atoms with van der Waals surface area (Å²) in [6, 6.07) is 1.72. The van der Waals surface area contributed by atoms with E-state index in [9.17, 15) is 4.79 Å². The zero-order valence-corrected chi connectivity index (χ0v) is 13.1. The summed E-state index contributed by atoms with van der Waals surface area (Å²) in [7, 11) is 0. The minimum absolute atomic E-state index is 0.172. The number of anilines is 1. The zero-order valence-electron chi connectivity index (χ0n) is 12.3. The maximum Gasteiger partial charge on any atom is 0.235 e. The summed E-state index contributed by atoms with van der Waals surface area (Å²) >= 11 is 1.38. The molecule has 2 N–H and O–H groups in total. The Morgan fingerprint density at radius 1 is 1.45 bits per heavy atom. The van der Waals surface area contributed by atoms with Gasteiger partial charge in [-0.2, -0.15) is 0 Å². The van der Waals surface area contributed by atoms with E-state index in [1.807, 2.05) is 18.7 Å². The number of likely N-dealkylation sites (tertiary alicyclic amines) is 1. The molecule has 1 aliphatic rings. The highest BCUT2D eigenvalue weighted by molar-refractivity contribution is 8.00. The Morgan fingerprint density at radius 2 is 2.10 bits per heavy atom. The standard InChI is InChI=1S/C14H22N4OS/c1-9-4-6-18(7-5-9)13(19)11(3)20-14-16-10(2)8-12(15)17-14/h8-9,11H,4-7H2,1-3H3,(H2,15,16,17)/t11-/m1/s1. The number of nitrogens with two attached hydrogens (primary N) is 1. The second-order valence-corrected chi connectivity index (χ2v) is 6.79. The van der Waals surface area contributed by atoms with Crippen LogP contribution in [0.3, 0.4) is 0 Å². The average molecular weight is 294 g/mol. The third-order valence-electron chi connectivity index (χ3n) is 3.58. The average Bonchev–Trinajstić information content (AvgIpc) is 2.37. The molecule has 1 saturated heterocycles. The number of aryl methyl sites for hydroxylation is 1. The first-order valence-electron chi connectivity index (χ1n) is 7.02. The summed E-state index contributed by atoms with van der Waals surface area (Å²) in [5.74, 6) is 1.35. The molecule has 1 aromatic rings. The van der Waals surface area contributed by atoms with E-state index in [2.05, 4.69) is 16.9 Å². The van der Waals surface area contributed by atoms with Crippen molar-refractivity contribution in [3.63, 3.8) is 0 Å². The van der Waals surface area contributed by atoms with Crippen molar-refractivity contribution in [2.24, 2.45) is 5.92 Å². The van der Waals surface area contributed by atoms with Crippen molar-refractivity contribution in [2.45, 2.75) is 44.0 Å². The highest BCUT2D eigenvalue weighted by Gasteiger charge is 2.25. The molecule has 20 heavy (non-hydrogen) atoms. The van der Waals surface area contributed by atoms with Crippen molar-refractivity contribution >= 4 is 23.5 Å². The van der Waals surface area contributed by atoms with Crippen LogP contribution in [0.5, 0.6) is 0 Å². The Balaban J connectivity index is 1.97. The summed E-state index contributed by atoms with van der Waals surface area (Å²) in [5, 5.41) is 0.401. The molecule has 0 aromatic carbocycles. The van der Waals surface area contributed by atoms with Crippen LogP contribution in [0.25, 0.3) is 0 Å². The normalized spacial score (nSPS) is 18.1. The van der Waals surface area contributed by atoms with Crippen LogP contribution >= 0.6 is 11.8 Å². The third-order valence-corrected chi connectivity index (χ3v) is 4.53. The maximum absolute atomic E-state index is 12.4. The van der Waals surface area contributed by atoms with Gasteiger partial charge >= 0.3 is 0 Å². The van der Waals surface area contributed by atoms with E-state index in [0.29, 0.717) is 11.0 Å². The van der Waals surface area contributed by atoms with E-state index in [4.69, 9.17) is 5.73 Å². The summed E-state index contributed by atoms with van der Waals surface area (Å²) in [4.78, 5) is 22.8. The predicted molar refractivity (Wildman–Crippen MR) is 81.5 cm³/mol. The van der Waals surface area contributed by atoms with Crippen molar-refractivity contribution in [3.05, 3.63) is 11.8 Å². The molecular weight excluding hydrogens is 272 g/mol. The van der Waals surface area contributed by atoms with E-state index in [-0.39, 0.29) is 11.2 Å². The van der Waals surface area contributed by atoms with E-state index in [0.717, 1.165) is 37.5 Å². The Kier molecular flexibility index (Phi) is 4.86. The van der Waals surface area contributed by atoms with Crippen LogP contribution in [0.2, 0.25) is 0 Å². The molecule has 0 spiro atoms. The molecule has 1 fully saturated rings. The van der Waals surface area contributed by atoms with Crippen molar-refractivity contribution in [1.82, 2.24) is 14.9 Å². The highest BCUT2D eigenvalue weighted by atomic mass is 32.2. The number of piperidine rings is 1. The van der Waals surface area contributed by atoms with Gasteiger partial charge in [0.15, 0.2) is 5.16 Å². The van der Waals surface area contributed by atoms with Gasteiger partial charge in [-0.25, -0.2) is 9.97 Å². The Hall–Kier alpha value is -1.30. The van der Waals surface area contributed by atoms with Gasteiger partial charge in [0.2, 0.25) is 5.91 Å². The topological polar surface area (TPSA) is 72.1 Å². The van der Waals surface area contributed by atoms with Gasteiger partial charge in [-0.3, -0.25) is 4.79 Å². The number of thioether (sulfide) groups is 1. The summed E-state index contributed by atoms with van der Waals surface area (Å²) in [6.45, 7) is 7.75. The van der Waals surface area contributed by atoms with Crippen LogP contribution in [0.4, 0.5) is 5.82 Å². The number of hydrogen-bond acceptors (Lipinski definition) is 5. The first-order valence-corrected chi connectivity index (χ1v) is 7.90.